The van der Waals surface area contributed by atoms with Crippen LogP contribution in [0.4, 0.5) is 0 Å². The molecular formula is C19H32O2W3. The van der Waals surface area contributed by atoms with Gasteiger partial charge in [0.2, 0.25) is 0 Å². The molecule has 0 saturated carbocycles. The van der Waals surface area contributed by atoms with Gasteiger partial charge in [0.1, 0.15) is 0 Å². The van der Waals surface area contributed by atoms with E-state index in [1.807, 2.05) is 13.0 Å². The van der Waals surface area contributed by atoms with Crippen LogP contribution >= 0.6 is 0 Å². The van der Waals surface area contributed by atoms with Gasteiger partial charge in [-0.3, -0.25) is 0 Å². The summed E-state index contributed by atoms with van der Waals surface area (Å²) in [7, 11) is 1.54. The average Bonchev–Trinajstić information content (AvgIpc) is 2.45. The molecule has 5 heteroatoms. The first-order valence-electron chi connectivity index (χ1n) is 6.61. The fraction of sp³-hybridized carbons (Fsp3) is 0.474. The molecule has 0 amide bonds. The molecule has 0 saturated heterocycles. The van der Waals surface area contributed by atoms with Gasteiger partial charge in [0.15, 0.2) is 0 Å². The van der Waals surface area contributed by atoms with E-state index in [1.165, 1.54) is 7.11 Å². The molecule has 0 spiro atoms. The molecule has 0 radical (unpaired) electrons. The zero-order chi connectivity index (χ0) is 14.8. The van der Waals surface area contributed by atoms with Crippen LogP contribution in [-0.2, 0) is 68.0 Å². The molecule has 0 bridgehead atoms. The van der Waals surface area contributed by atoms with Gasteiger partial charge in [-0.1, -0.05) is 32.9 Å². The fourth-order valence-electron chi connectivity index (χ4n) is 1.49. The van der Waals surface area contributed by atoms with Crippen LogP contribution in [0.1, 0.15) is 46.2 Å². The van der Waals surface area contributed by atoms with E-state index in [4.69, 9.17) is 4.74 Å². The SMILES string of the molecule is C.COc1cc(C)ccc1[C-]=O.C[CH-]C(C)C(C)[CH-]C.[CH3-].[W+2].[W+2].[W]. The van der Waals surface area contributed by atoms with Crippen LogP contribution < -0.4 is 4.74 Å². The Labute approximate surface area is 194 Å². The van der Waals surface area contributed by atoms with Gasteiger partial charge in [0.05, 0.1) is 13.4 Å². The number of aryl methyl sites for hydroxylation is 1. The van der Waals surface area contributed by atoms with Gasteiger partial charge >= 0.3 is 42.1 Å². The largest absolute Gasteiger partial charge is 2.00 e. The maximum absolute atomic E-state index is 10.3. The number of methoxy groups -OCH3 is 1. The van der Waals surface area contributed by atoms with Gasteiger partial charge in [-0.25, -0.2) is 0 Å². The molecule has 0 fully saturated rings. The molecule has 2 unspecified atom stereocenters. The zero-order valence-electron chi connectivity index (χ0n) is 15.1. The molecule has 0 heterocycles. The number of rotatable bonds is 5. The maximum Gasteiger partial charge on any atom is 2.00 e. The van der Waals surface area contributed by atoms with Crippen molar-refractivity contribution in [1.29, 1.82) is 0 Å². The van der Waals surface area contributed by atoms with Gasteiger partial charge in [-0.15, -0.1) is 11.6 Å². The van der Waals surface area contributed by atoms with Crippen molar-refractivity contribution in [2.75, 3.05) is 7.11 Å². The van der Waals surface area contributed by atoms with Gasteiger partial charge in [-0.2, -0.15) is 31.7 Å². The predicted octanol–water partition coefficient (Wildman–Crippen LogP) is 5.25. The number of ether oxygens (including phenoxy) is 1. The fourth-order valence-corrected chi connectivity index (χ4v) is 1.49. The zero-order valence-corrected chi connectivity index (χ0v) is 23.9. The van der Waals surface area contributed by atoms with E-state index >= 15 is 0 Å². The number of hydrogen-bond donors (Lipinski definition) is 0. The molecule has 1 rings (SSSR count). The quantitative estimate of drug-likeness (QED) is 0.380. The molecule has 138 valence electrons. The summed E-state index contributed by atoms with van der Waals surface area (Å²) in [6.07, 6.45) is 6.28. The molecular weight excluding hydrogens is 812 g/mol. The second-order valence-electron chi connectivity index (χ2n) is 4.69. The predicted molar refractivity (Wildman–Crippen MR) is 93.9 cm³/mol. The second kappa shape index (κ2) is 23.8. The normalized spacial score (nSPS) is 10.2. The Balaban J connectivity index is -0.0000000578. The summed E-state index contributed by atoms with van der Waals surface area (Å²) in [5.41, 5.74) is 1.54. The molecule has 24 heavy (non-hydrogen) atoms. The van der Waals surface area contributed by atoms with Crippen LogP contribution in [0.3, 0.4) is 0 Å². The van der Waals surface area contributed by atoms with Crippen molar-refractivity contribution in [3.8, 4) is 5.75 Å². The Morgan fingerprint density at radius 2 is 1.50 bits per heavy atom. The van der Waals surface area contributed by atoms with E-state index in [1.54, 1.807) is 18.4 Å². The van der Waals surface area contributed by atoms with Crippen molar-refractivity contribution in [3.63, 3.8) is 0 Å². The van der Waals surface area contributed by atoms with Crippen molar-refractivity contribution in [2.45, 2.75) is 42.0 Å². The molecule has 1 aromatic carbocycles. The number of benzene rings is 1. The second-order valence-corrected chi connectivity index (χ2v) is 4.69. The average molecular weight is 844 g/mol. The van der Waals surface area contributed by atoms with Crippen molar-refractivity contribution in [3.05, 3.63) is 49.6 Å². The Morgan fingerprint density at radius 3 is 1.79 bits per heavy atom. The monoisotopic (exact) mass is 844 g/mol. The number of hydrogen-bond acceptors (Lipinski definition) is 2. The molecule has 0 aliphatic carbocycles. The summed E-state index contributed by atoms with van der Waals surface area (Å²) in [5, 5.41) is 0. The Bertz CT molecular complexity index is 377. The van der Waals surface area contributed by atoms with Gasteiger partial charge in [-0.05, 0) is 6.92 Å². The Hall–Kier alpha value is 0.755. The van der Waals surface area contributed by atoms with Crippen LogP contribution in [0, 0.1) is 39.0 Å². The minimum atomic E-state index is 0. The minimum Gasteiger partial charge on any atom is -0.553 e. The standard InChI is InChI=1S/C9H9O2.C8H16.CH4.CH3.3W/c1-7-3-4-8(6-10)9(5-7)11-2;1-5-7(3)8(4)6-2;;;;;/h3-5H,1-2H3;5-8H,1-4H3;1H4;1H3;;;/q-1;-2;;-1;;2*+2. The third-order valence-electron chi connectivity index (χ3n) is 3.35. The van der Waals surface area contributed by atoms with Crippen LogP contribution in [0.25, 0.3) is 0 Å². The van der Waals surface area contributed by atoms with E-state index < -0.39 is 0 Å². The first kappa shape index (κ1) is 39.7. The van der Waals surface area contributed by atoms with E-state index in [-0.39, 0.29) is 78.0 Å². The van der Waals surface area contributed by atoms with Crippen molar-refractivity contribution >= 4 is 6.29 Å². The molecule has 2 nitrogen and oxygen atoms in total. The smallest absolute Gasteiger partial charge is 0.553 e. The number of carbonyl (C=O) groups excluding carboxylic acids is 1. The third-order valence-corrected chi connectivity index (χ3v) is 3.35. The Kier molecular flexibility index (Phi) is 39.3. The molecule has 0 aliphatic heterocycles. The van der Waals surface area contributed by atoms with E-state index in [0.29, 0.717) is 11.3 Å². The van der Waals surface area contributed by atoms with Crippen LogP contribution in [0.2, 0.25) is 0 Å². The Morgan fingerprint density at radius 1 is 1.08 bits per heavy atom. The summed E-state index contributed by atoms with van der Waals surface area (Å²) < 4.78 is 4.95. The van der Waals surface area contributed by atoms with E-state index in [0.717, 1.165) is 17.4 Å². The first-order valence-corrected chi connectivity index (χ1v) is 6.61. The van der Waals surface area contributed by atoms with Crippen molar-refractivity contribution < 1.29 is 72.7 Å². The van der Waals surface area contributed by atoms with Crippen molar-refractivity contribution in [2.24, 2.45) is 11.8 Å². The minimum absolute atomic E-state index is 0. The van der Waals surface area contributed by atoms with Gasteiger partial charge in [0.25, 0.3) is 0 Å². The maximum atomic E-state index is 10.3. The first-order chi connectivity index (χ1) is 8.99. The molecule has 2 atom stereocenters. The van der Waals surface area contributed by atoms with Crippen LogP contribution in [0.15, 0.2) is 18.2 Å². The van der Waals surface area contributed by atoms with Gasteiger partial charge in [0, 0.05) is 26.8 Å². The molecule has 0 aliphatic rings. The molecule has 0 N–H and O–H groups in total. The summed E-state index contributed by atoms with van der Waals surface area (Å²) >= 11 is 0. The molecule has 1 aromatic rings. The van der Waals surface area contributed by atoms with Crippen LogP contribution in [-0.4, -0.2) is 13.4 Å². The summed E-state index contributed by atoms with van der Waals surface area (Å²) in [6, 6.07) is 5.35. The summed E-state index contributed by atoms with van der Waals surface area (Å²) in [6.45, 7) is 10.7. The van der Waals surface area contributed by atoms with Gasteiger partial charge < -0.3 is 29.8 Å². The van der Waals surface area contributed by atoms with Crippen molar-refractivity contribution in [1.82, 2.24) is 0 Å². The van der Waals surface area contributed by atoms with E-state index in [9.17, 15) is 4.79 Å². The third kappa shape index (κ3) is 16.2. The van der Waals surface area contributed by atoms with Crippen LogP contribution in [0.5, 0.6) is 5.75 Å². The summed E-state index contributed by atoms with van der Waals surface area (Å²) in [5.74, 6) is 2.06. The summed E-state index contributed by atoms with van der Waals surface area (Å²) in [4.78, 5) is 10.3. The van der Waals surface area contributed by atoms with E-state index in [2.05, 4.69) is 40.5 Å². The topological polar surface area (TPSA) is 26.3 Å². The molecule has 0 aromatic heterocycles.